The lowest BCUT2D eigenvalue weighted by Crippen LogP contribution is -2.43. The van der Waals surface area contributed by atoms with E-state index in [9.17, 15) is 14.0 Å². The van der Waals surface area contributed by atoms with Gasteiger partial charge in [0.25, 0.3) is 0 Å². The van der Waals surface area contributed by atoms with Crippen LogP contribution in [0.1, 0.15) is 17.5 Å². The van der Waals surface area contributed by atoms with Crippen molar-refractivity contribution in [1.82, 2.24) is 4.90 Å². The maximum absolute atomic E-state index is 13.8. The van der Waals surface area contributed by atoms with Gasteiger partial charge in [-0.3, -0.25) is 9.69 Å². The Kier molecular flexibility index (Phi) is 5.25. The zero-order valence-corrected chi connectivity index (χ0v) is 15.3. The summed E-state index contributed by atoms with van der Waals surface area (Å²) in [6.45, 7) is 1.33. The summed E-state index contributed by atoms with van der Waals surface area (Å²) in [5.74, 6) is -0.563. The molecule has 2 aliphatic heterocycles. The van der Waals surface area contributed by atoms with E-state index in [2.05, 4.69) is 0 Å². The van der Waals surface area contributed by atoms with Gasteiger partial charge in [0.1, 0.15) is 19.0 Å². The van der Waals surface area contributed by atoms with Crippen LogP contribution < -0.4 is 4.90 Å². The zero-order chi connectivity index (χ0) is 19.5. The molecule has 2 heterocycles. The van der Waals surface area contributed by atoms with Crippen molar-refractivity contribution in [3.8, 4) is 0 Å². The fraction of sp³-hybridized carbons (Fsp3) is 0.333. The molecule has 2 aliphatic rings. The molecule has 0 aromatic heterocycles. The average molecular weight is 384 g/mol. The number of halogens is 1. The molecule has 4 rings (SSSR count). The molecule has 146 valence electrons. The Balaban J connectivity index is 1.48. The molecule has 0 saturated carbocycles. The molecule has 0 N–H and O–H groups in total. The molecule has 0 bridgehead atoms. The molecule has 1 unspecified atom stereocenters. The number of carbonyl (C=O) groups is 2. The Morgan fingerprint density at radius 3 is 2.86 bits per heavy atom. The van der Waals surface area contributed by atoms with E-state index in [0.29, 0.717) is 37.4 Å². The summed E-state index contributed by atoms with van der Waals surface area (Å²) in [6.07, 6.45) is 0.0920. The number of hydrogen-bond donors (Lipinski definition) is 0. The van der Waals surface area contributed by atoms with Crippen LogP contribution in [-0.4, -0.2) is 42.7 Å². The molecule has 1 fully saturated rings. The predicted molar refractivity (Wildman–Crippen MR) is 100 cm³/mol. The van der Waals surface area contributed by atoms with Crippen LogP contribution in [0.5, 0.6) is 0 Å². The van der Waals surface area contributed by atoms with Gasteiger partial charge in [0, 0.05) is 13.1 Å². The number of carbonyl (C=O) groups excluding carboxylic acids is 2. The second kappa shape index (κ2) is 7.98. The molecule has 28 heavy (non-hydrogen) atoms. The summed E-state index contributed by atoms with van der Waals surface area (Å²) < 4.78 is 24.5. The SMILES string of the molecule is O=C(COCc1ccccc1)N1CCC2COC(=O)N2c2cc(F)ccc2C1. The van der Waals surface area contributed by atoms with Crippen LogP contribution >= 0.6 is 0 Å². The van der Waals surface area contributed by atoms with Crippen LogP contribution in [0.2, 0.25) is 0 Å². The Labute approximate surface area is 162 Å². The van der Waals surface area contributed by atoms with Gasteiger partial charge in [0.2, 0.25) is 5.91 Å². The lowest BCUT2D eigenvalue weighted by atomic mass is 10.1. The van der Waals surface area contributed by atoms with Crippen LogP contribution in [0, 0.1) is 5.82 Å². The first-order valence-electron chi connectivity index (χ1n) is 9.25. The summed E-state index contributed by atoms with van der Waals surface area (Å²) in [4.78, 5) is 28.0. The third kappa shape index (κ3) is 3.84. The molecule has 7 heteroatoms. The van der Waals surface area contributed by atoms with Crippen LogP contribution in [0.15, 0.2) is 48.5 Å². The van der Waals surface area contributed by atoms with Crippen LogP contribution in [0.25, 0.3) is 0 Å². The van der Waals surface area contributed by atoms with Crippen LogP contribution in [-0.2, 0) is 27.4 Å². The van der Waals surface area contributed by atoms with Gasteiger partial charge in [-0.2, -0.15) is 0 Å². The highest BCUT2D eigenvalue weighted by atomic mass is 19.1. The van der Waals surface area contributed by atoms with Crippen molar-refractivity contribution in [3.63, 3.8) is 0 Å². The van der Waals surface area contributed by atoms with Gasteiger partial charge in [0.15, 0.2) is 0 Å². The van der Waals surface area contributed by atoms with Crippen molar-refractivity contribution >= 4 is 17.7 Å². The summed E-state index contributed by atoms with van der Waals surface area (Å²) in [5.41, 5.74) is 2.18. The largest absolute Gasteiger partial charge is 0.447 e. The fourth-order valence-electron chi connectivity index (χ4n) is 3.59. The second-order valence-electron chi connectivity index (χ2n) is 6.96. The highest BCUT2D eigenvalue weighted by molar-refractivity contribution is 5.91. The van der Waals surface area contributed by atoms with Crippen molar-refractivity contribution in [3.05, 3.63) is 65.5 Å². The molecular weight excluding hydrogens is 363 g/mol. The molecule has 6 nitrogen and oxygen atoms in total. The number of nitrogens with zero attached hydrogens (tertiary/aromatic N) is 2. The maximum Gasteiger partial charge on any atom is 0.414 e. The van der Waals surface area contributed by atoms with E-state index in [1.165, 1.54) is 17.0 Å². The lowest BCUT2D eigenvalue weighted by Gasteiger charge is -2.32. The molecule has 0 aliphatic carbocycles. The van der Waals surface area contributed by atoms with Gasteiger partial charge in [0.05, 0.1) is 18.3 Å². The summed E-state index contributed by atoms with van der Waals surface area (Å²) in [6, 6.07) is 13.7. The second-order valence-corrected chi connectivity index (χ2v) is 6.96. The van der Waals surface area contributed by atoms with E-state index in [4.69, 9.17) is 9.47 Å². The molecule has 1 atom stereocenters. The maximum atomic E-state index is 13.8. The van der Waals surface area contributed by atoms with Gasteiger partial charge < -0.3 is 14.4 Å². The van der Waals surface area contributed by atoms with Crippen LogP contribution in [0.4, 0.5) is 14.9 Å². The number of ether oxygens (including phenoxy) is 2. The minimum atomic E-state index is -0.470. The van der Waals surface area contributed by atoms with Crippen molar-refractivity contribution in [2.45, 2.75) is 25.6 Å². The quantitative estimate of drug-likeness (QED) is 0.813. The van der Waals surface area contributed by atoms with Gasteiger partial charge >= 0.3 is 6.09 Å². The first-order valence-corrected chi connectivity index (χ1v) is 9.25. The number of benzene rings is 2. The molecule has 0 spiro atoms. The molecule has 0 radical (unpaired) electrons. The number of rotatable bonds is 4. The van der Waals surface area contributed by atoms with Crippen LogP contribution in [0.3, 0.4) is 0 Å². The topological polar surface area (TPSA) is 59.1 Å². The minimum Gasteiger partial charge on any atom is -0.447 e. The third-order valence-corrected chi connectivity index (χ3v) is 5.05. The Hall–Kier alpha value is -2.93. The summed E-state index contributed by atoms with van der Waals surface area (Å²) in [5, 5.41) is 0. The molecule has 1 saturated heterocycles. The Bertz CT molecular complexity index is 874. The van der Waals surface area contributed by atoms with Gasteiger partial charge in [-0.25, -0.2) is 9.18 Å². The molecule has 2 aromatic carbocycles. The van der Waals surface area contributed by atoms with Gasteiger partial charge in [-0.05, 0) is 29.7 Å². The minimum absolute atomic E-state index is 0.0325. The normalized spacial score (nSPS) is 18.8. The first-order chi connectivity index (χ1) is 13.6. The number of cyclic esters (lactones) is 1. The zero-order valence-electron chi connectivity index (χ0n) is 15.3. The van der Waals surface area contributed by atoms with Gasteiger partial charge in [-0.15, -0.1) is 0 Å². The van der Waals surface area contributed by atoms with Crippen molar-refractivity contribution in [1.29, 1.82) is 0 Å². The highest BCUT2D eigenvalue weighted by Crippen LogP contribution is 2.32. The number of fused-ring (bicyclic) bond motifs is 3. The molecule has 2 amide bonds. The van der Waals surface area contributed by atoms with Crippen molar-refractivity contribution < 1.29 is 23.5 Å². The van der Waals surface area contributed by atoms with E-state index in [-0.39, 0.29) is 25.2 Å². The average Bonchev–Trinajstić information content (AvgIpc) is 3.05. The Morgan fingerprint density at radius 1 is 1.21 bits per heavy atom. The fourth-order valence-corrected chi connectivity index (χ4v) is 3.59. The number of amides is 2. The van der Waals surface area contributed by atoms with Gasteiger partial charge in [-0.1, -0.05) is 36.4 Å². The molecular formula is C21H21FN2O4. The van der Waals surface area contributed by atoms with Crippen molar-refractivity contribution in [2.24, 2.45) is 0 Å². The third-order valence-electron chi connectivity index (χ3n) is 5.05. The Morgan fingerprint density at radius 2 is 2.04 bits per heavy atom. The number of anilines is 1. The van der Waals surface area contributed by atoms with E-state index < -0.39 is 11.9 Å². The van der Waals surface area contributed by atoms with E-state index in [0.717, 1.165) is 5.56 Å². The van der Waals surface area contributed by atoms with E-state index in [1.54, 1.807) is 11.0 Å². The monoisotopic (exact) mass is 384 g/mol. The molecule has 2 aromatic rings. The van der Waals surface area contributed by atoms with Crippen molar-refractivity contribution in [2.75, 3.05) is 24.7 Å². The standard InChI is InChI=1S/C21H21FN2O4/c22-17-7-6-16-11-23(20(25)14-27-12-15-4-2-1-3-5-15)9-8-18-13-28-21(26)24(18)19(16)10-17/h1-7,10,18H,8-9,11-14H2. The summed E-state index contributed by atoms with van der Waals surface area (Å²) in [7, 11) is 0. The number of hydrogen-bond acceptors (Lipinski definition) is 4. The summed E-state index contributed by atoms with van der Waals surface area (Å²) >= 11 is 0. The van der Waals surface area contributed by atoms with E-state index in [1.807, 2.05) is 30.3 Å². The first kappa shape index (κ1) is 18.4. The highest BCUT2D eigenvalue weighted by Gasteiger charge is 2.37. The smallest absolute Gasteiger partial charge is 0.414 e. The lowest BCUT2D eigenvalue weighted by molar-refractivity contribution is -0.137. The van der Waals surface area contributed by atoms with E-state index >= 15 is 0 Å². The predicted octanol–water partition coefficient (Wildman–Crippen LogP) is 3.10.